The summed E-state index contributed by atoms with van der Waals surface area (Å²) in [7, 11) is 0. The highest BCUT2D eigenvalue weighted by Crippen LogP contribution is 2.29. The molecule has 0 saturated heterocycles. The van der Waals surface area contributed by atoms with Crippen molar-refractivity contribution in [2.24, 2.45) is 4.99 Å². The van der Waals surface area contributed by atoms with Gasteiger partial charge < -0.3 is 5.11 Å². The average Bonchev–Trinajstić information content (AvgIpc) is 2.70. The molecule has 0 radical (unpaired) electrons. The van der Waals surface area contributed by atoms with E-state index in [1.165, 1.54) is 4.57 Å². The minimum absolute atomic E-state index is 0.218. The highest BCUT2D eigenvalue weighted by Gasteiger charge is 2.17. The third kappa shape index (κ3) is 3.09. The largest absolute Gasteiger partial charge is 0.494 e. The minimum Gasteiger partial charge on any atom is -0.494 e. The molecular formula is C21H14ClN3O2. The van der Waals surface area contributed by atoms with Crippen molar-refractivity contribution < 1.29 is 5.11 Å². The van der Waals surface area contributed by atoms with Gasteiger partial charge in [0.05, 0.1) is 22.0 Å². The number of fused-ring (bicyclic) bond motifs is 1. The van der Waals surface area contributed by atoms with Gasteiger partial charge in [0, 0.05) is 29.4 Å². The van der Waals surface area contributed by atoms with Gasteiger partial charge in [0.2, 0.25) is 5.88 Å². The fraction of sp³-hybridized carbons (Fsp3) is 0. The molecule has 5 nitrogen and oxygen atoms in total. The molecule has 27 heavy (non-hydrogen) atoms. The Labute approximate surface area is 159 Å². The van der Waals surface area contributed by atoms with Gasteiger partial charge in [0.25, 0.3) is 5.56 Å². The highest BCUT2D eigenvalue weighted by atomic mass is 35.5. The van der Waals surface area contributed by atoms with Gasteiger partial charge in [-0.2, -0.15) is 0 Å². The summed E-state index contributed by atoms with van der Waals surface area (Å²) in [6.07, 6.45) is 4.81. The summed E-state index contributed by atoms with van der Waals surface area (Å²) in [6.45, 7) is 0. The van der Waals surface area contributed by atoms with Crippen LogP contribution < -0.4 is 5.56 Å². The van der Waals surface area contributed by atoms with E-state index >= 15 is 0 Å². The number of para-hydroxylation sites is 1. The SMILES string of the molecule is O=c1c2ccccc2c(C=Nc2ccncc2)c(O)n1-c1ccccc1Cl. The molecule has 0 saturated carbocycles. The van der Waals surface area contributed by atoms with Crippen molar-refractivity contribution in [1.29, 1.82) is 0 Å². The number of aromatic nitrogens is 2. The number of rotatable bonds is 3. The fourth-order valence-electron chi connectivity index (χ4n) is 2.92. The second-order valence-electron chi connectivity index (χ2n) is 5.84. The first-order valence-electron chi connectivity index (χ1n) is 8.22. The molecule has 0 spiro atoms. The van der Waals surface area contributed by atoms with Gasteiger partial charge >= 0.3 is 0 Å². The Morgan fingerprint density at radius 3 is 2.37 bits per heavy atom. The maximum atomic E-state index is 13.0. The number of hydrogen-bond acceptors (Lipinski definition) is 4. The van der Waals surface area contributed by atoms with Crippen molar-refractivity contribution >= 4 is 34.3 Å². The van der Waals surface area contributed by atoms with Crippen LogP contribution in [0.3, 0.4) is 0 Å². The summed E-state index contributed by atoms with van der Waals surface area (Å²) in [4.78, 5) is 21.4. The Morgan fingerprint density at radius 1 is 0.963 bits per heavy atom. The highest BCUT2D eigenvalue weighted by molar-refractivity contribution is 6.32. The molecule has 0 aliphatic rings. The van der Waals surface area contributed by atoms with Crippen LogP contribution in [0.1, 0.15) is 5.56 Å². The summed E-state index contributed by atoms with van der Waals surface area (Å²) in [6, 6.07) is 17.5. The van der Waals surface area contributed by atoms with Gasteiger partial charge in [-0.25, -0.2) is 4.57 Å². The second-order valence-corrected chi connectivity index (χ2v) is 6.25. The zero-order valence-corrected chi connectivity index (χ0v) is 14.8. The van der Waals surface area contributed by atoms with Gasteiger partial charge in [-0.05, 0) is 30.3 Å². The molecule has 2 aromatic carbocycles. The Hall–Kier alpha value is -3.44. The van der Waals surface area contributed by atoms with E-state index in [4.69, 9.17) is 11.6 Å². The zero-order chi connectivity index (χ0) is 18.8. The number of aliphatic imine (C=N–C) groups is 1. The summed E-state index contributed by atoms with van der Waals surface area (Å²) in [5, 5.41) is 12.4. The number of aromatic hydroxyl groups is 1. The lowest BCUT2D eigenvalue weighted by Crippen LogP contribution is -2.20. The lowest BCUT2D eigenvalue weighted by molar-refractivity contribution is 0.436. The first-order valence-corrected chi connectivity index (χ1v) is 8.60. The first-order chi connectivity index (χ1) is 13.2. The molecule has 2 aromatic heterocycles. The smallest absolute Gasteiger partial charge is 0.265 e. The van der Waals surface area contributed by atoms with Gasteiger partial charge in [-0.1, -0.05) is 41.9 Å². The predicted molar refractivity (Wildman–Crippen MR) is 108 cm³/mol. The van der Waals surface area contributed by atoms with Crippen molar-refractivity contribution in [1.82, 2.24) is 9.55 Å². The first kappa shape index (κ1) is 17.0. The molecule has 132 valence electrons. The maximum absolute atomic E-state index is 13.0. The molecule has 0 aliphatic heterocycles. The Kier molecular flexibility index (Phi) is 4.44. The van der Waals surface area contributed by atoms with Gasteiger partial charge in [0.15, 0.2) is 0 Å². The number of benzene rings is 2. The van der Waals surface area contributed by atoms with Crippen molar-refractivity contribution in [3.05, 3.63) is 94.0 Å². The molecule has 0 unspecified atom stereocenters. The topological polar surface area (TPSA) is 67.5 Å². The number of halogens is 1. The molecule has 2 heterocycles. The molecule has 1 N–H and O–H groups in total. The van der Waals surface area contributed by atoms with Crippen LogP contribution in [0.4, 0.5) is 5.69 Å². The van der Waals surface area contributed by atoms with Crippen LogP contribution >= 0.6 is 11.6 Å². The normalized spacial score (nSPS) is 11.3. The molecule has 0 bridgehead atoms. The van der Waals surface area contributed by atoms with Crippen LogP contribution in [0.15, 0.2) is 82.8 Å². The minimum atomic E-state index is -0.350. The fourth-order valence-corrected chi connectivity index (χ4v) is 3.14. The van der Waals surface area contributed by atoms with Crippen molar-refractivity contribution in [2.45, 2.75) is 0 Å². The van der Waals surface area contributed by atoms with E-state index in [-0.39, 0.29) is 11.4 Å². The molecule has 0 fully saturated rings. The molecule has 0 atom stereocenters. The van der Waals surface area contributed by atoms with Crippen LogP contribution in [-0.4, -0.2) is 20.9 Å². The van der Waals surface area contributed by atoms with E-state index in [9.17, 15) is 9.90 Å². The van der Waals surface area contributed by atoms with Crippen molar-refractivity contribution in [3.8, 4) is 11.6 Å². The van der Waals surface area contributed by atoms with Crippen molar-refractivity contribution in [3.63, 3.8) is 0 Å². The standard InChI is InChI=1S/C21H14ClN3O2/c22-18-7-3-4-8-19(18)25-20(26)16-6-2-1-5-15(16)17(21(25)27)13-24-14-9-11-23-12-10-14/h1-13,27H. The van der Waals surface area contributed by atoms with Crippen LogP contribution in [0.25, 0.3) is 16.5 Å². The predicted octanol–water partition coefficient (Wildman–Crippen LogP) is 4.50. The molecule has 6 heteroatoms. The molecule has 0 aliphatic carbocycles. The maximum Gasteiger partial charge on any atom is 0.265 e. The Bertz CT molecular complexity index is 1220. The van der Waals surface area contributed by atoms with Crippen LogP contribution in [0, 0.1) is 0 Å². The summed E-state index contributed by atoms with van der Waals surface area (Å²) < 4.78 is 1.21. The summed E-state index contributed by atoms with van der Waals surface area (Å²) >= 11 is 6.27. The van der Waals surface area contributed by atoms with Gasteiger partial charge in [-0.15, -0.1) is 0 Å². The lowest BCUT2D eigenvalue weighted by atomic mass is 10.1. The molecule has 4 aromatic rings. The monoisotopic (exact) mass is 375 g/mol. The third-order valence-corrected chi connectivity index (χ3v) is 4.52. The van der Waals surface area contributed by atoms with E-state index in [1.807, 2.05) is 6.07 Å². The van der Waals surface area contributed by atoms with E-state index in [2.05, 4.69) is 9.98 Å². The second kappa shape index (κ2) is 7.05. The van der Waals surface area contributed by atoms with Crippen LogP contribution in [-0.2, 0) is 0 Å². The number of pyridine rings is 2. The number of nitrogens with zero attached hydrogens (tertiary/aromatic N) is 3. The van der Waals surface area contributed by atoms with Crippen LogP contribution in [0.2, 0.25) is 5.02 Å². The van der Waals surface area contributed by atoms with E-state index in [0.717, 1.165) is 0 Å². The van der Waals surface area contributed by atoms with Gasteiger partial charge in [-0.3, -0.25) is 14.8 Å². The Morgan fingerprint density at radius 2 is 1.63 bits per heavy atom. The van der Waals surface area contributed by atoms with Gasteiger partial charge in [0.1, 0.15) is 0 Å². The zero-order valence-electron chi connectivity index (χ0n) is 14.1. The molecular weight excluding hydrogens is 362 g/mol. The summed E-state index contributed by atoms with van der Waals surface area (Å²) in [5.41, 5.74) is 1.18. The van der Waals surface area contributed by atoms with E-state index in [1.54, 1.807) is 73.2 Å². The number of hydrogen-bond donors (Lipinski definition) is 1. The summed E-state index contributed by atoms with van der Waals surface area (Å²) in [5.74, 6) is -0.218. The Balaban J connectivity index is 2.02. The van der Waals surface area contributed by atoms with Crippen LogP contribution in [0.5, 0.6) is 5.88 Å². The quantitative estimate of drug-likeness (QED) is 0.536. The van der Waals surface area contributed by atoms with Crippen molar-refractivity contribution in [2.75, 3.05) is 0 Å². The molecule has 0 amide bonds. The lowest BCUT2D eigenvalue weighted by Gasteiger charge is -2.14. The molecule has 4 rings (SSSR count). The average molecular weight is 376 g/mol. The van der Waals surface area contributed by atoms with E-state index in [0.29, 0.717) is 32.7 Å². The third-order valence-electron chi connectivity index (χ3n) is 4.20. The van der Waals surface area contributed by atoms with E-state index < -0.39 is 0 Å².